The van der Waals surface area contributed by atoms with Crippen molar-refractivity contribution in [1.29, 1.82) is 0 Å². The van der Waals surface area contributed by atoms with Gasteiger partial charge in [-0.25, -0.2) is 8.42 Å². The summed E-state index contributed by atoms with van der Waals surface area (Å²) in [6.07, 6.45) is 0. The molecular weight excluding hydrogens is 140 g/mol. The molecule has 9 heavy (non-hydrogen) atoms. The number of hydrogen-bond donors (Lipinski definition) is 0. The van der Waals surface area contributed by atoms with E-state index in [2.05, 4.69) is 10.2 Å². The summed E-state index contributed by atoms with van der Waals surface area (Å²) >= 11 is 0. The predicted octanol–water partition coefficient (Wildman–Crippen LogP) is 0.167. The highest BCUT2D eigenvalue weighted by Gasteiger charge is 2.23. The quantitative estimate of drug-likeness (QED) is 0.489. The topological polar surface area (TPSA) is 58.9 Å². The molecule has 0 radical (unpaired) electrons. The van der Waals surface area contributed by atoms with E-state index < -0.39 is 9.84 Å². The van der Waals surface area contributed by atoms with E-state index >= 15 is 0 Å². The third kappa shape index (κ3) is 0.769. The summed E-state index contributed by atoms with van der Waals surface area (Å²) in [7, 11) is -3.20. The van der Waals surface area contributed by atoms with Crippen LogP contribution in [0.15, 0.2) is 10.2 Å². The Kier molecular flexibility index (Phi) is 1.16. The Morgan fingerprint density at radius 2 is 1.44 bits per heavy atom. The van der Waals surface area contributed by atoms with E-state index in [4.69, 9.17) is 0 Å². The van der Waals surface area contributed by atoms with Crippen molar-refractivity contribution < 1.29 is 8.42 Å². The molecule has 1 aliphatic rings. The highest BCUT2D eigenvalue weighted by Crippen LogP contribution is 2.05. The third-order valence-electron chi connectivity index (χ3n) is 1.11. The maximum absolute atomic E-state index is 10.8. The van der Waals surface area contributed by atoms with Crippen molar-refractivity contribution in [2.24, 2.45) is 10.2 Å². The molecule has 0 N–H and O–H groups in total. The fourth-order valence-corrected chi connectivity index (χ4v) is 1.19. The first-order valence-electron chi connectivity index (χ1n) is 2.39. The summed E-state index contributed by atoms with van der Waals surface area (Å²) in [5, 5.41) is 6.94. The van der Waals surface area contributed by atoms with Crippen LogP contribution in [0.4, 0.5) is 0 Å². The number of nitrogens with zero attached hydrogens (tertiary/aromatic N) is 2. The van der Waals surface area contributed by atoms with Crippen molar-refractivity contribution in [3.05, 3.63) is 0 Å². The van der Waals surface area contributed by atoms with E-state index in [-0.39, 0.29) is 10.1 Å². The second-order valence-electron chi connectivity index (χ2n) is 1.74. The molecule has 0 saturated carbocycles. The fourth-order valence-electron chi connectivity index (χ4n) is 0.462. The van der Waals surface area contributed by atoms with Gasteiger partial charge in [-0.05, 0) is 13.8 Å². The van der Waals surface area contributed by atoms with E-state index in [0.29, 0.717) is 0 Å². The molecular formula is C4H6N2O2S. The fraction of sp³-hybridized carbons (Fsp3) is 0.500. The lowest BCUT2D eigenvalue weighted by atomic mass is 10.9. The molecule has 0 aromatic heterocycles. The van der Waals surface area contributed by atoms with Crippen LogP contribution < -0.4 is 0 Å². The molecule has 0 fully saturated rings. The molecule has 0 unspecified atom stereocenters. The number of rotatable bonds is 0. The highest BCUT2D eigenvalue weighted by molar-refractivity contribution is 8.19. The second kappa shape index (κ2) is 1.63. The Balaban J connectivity index is 3.29. The van der Waals surface area contributed by atoms with E-state index in [0.717, 1.165) is 0 Å². The Morgan fingerprint density at radius 1 is 1.11 bits per heavy atom. The molecule has 0 amide bonds. The van der Waals surface area contributed by atoms with Crippen molar-refractivity contribution in [3.63, 3.8) is 0 Å². The summed E-state index contributed by atoms with van der Waals surface area (Å²) in [4.78, 5) is 0. The summed E-state index contributed by atoms with van der Waals surface area (Å²) in [6, 6.07) is 0. The van der Waals surface area contributed by atoms with Crippen molar-refractivity contribution >= 4 is 19.9 Å². The SMILES string of the molecule is CC1=NN=C(C)S1(=O)=O. The average Bonchev–Trinajstić information content (AvgIpc) is 1.96. The van der Waals surface area contributed by atoms with Gasteiger partial charge in [0.2, 0.25) is 9.84 Å². The molecule has 0 saturated heterocycles. The minimum Gasteiger partial charge on any atom is -0.216 e. The molecule has 0 atom stereocenters. The first-order chi connectivity index (χ1) is 4.05. The largest absolute Gasteiger partial charge is 0.236 e. The summed E-state index contributed by atoms with van der Waals surface area (Å²) in [5.41, 5.74) is 0. The van der Waals surface area contributed by atoms with Crippen LogP contribution in [-0.4, -0.2) is 18.5 Å². The Bertz CT molecular complexity index is 262. The van der Waals surface area contributed by atoms with Crippen LogP contribution in [-0.2, 0) is 9.84 Å². The molecule has 0 aliphatic carbocycles. The van der Waals surface area contributed by atoms with Gasteiger partial charge in [0.15, 0.2) is 10.1 Å². The minimum atomic E-state index is -3.20. The molecule has 0 aromatic rings. The van der Waals surface area contributed by atoms with Crippen molar-refractivity contribution in [2.45, 2.75) is 13.8 Å². The molecule has 4 nitrogen and oxygen atoms in total. The summed E-state index contributed by atoms with van der Waals surface area (Å²) in [5.74, 6) is 0. The van der Waals surface area contributed by atoms with Crippen LogP contribution in [0.25, 0.3) is 0 Å². The standard InChI is InChI=1S/C4H6N2O2S/c1-3-5-6-4(2)9(3,7)8/h1-2H3. The van der Waals surface area contributed by atoms with E-state index in [1.165, 1.54) is 13.8 Å². The van der Waals surface area contributed by atoms with Gasteiger partial charge >= 0.3 is 0 Å². The zero-order chi connectivity index (χ0) is 7.07. The normalized spacial score (nSPS) is 23.3. The van der Waals surface area contributed by atoms with Gasteiger partial charge in [-0.2, -0.15) is 0 Å². The Hall–Kier alpha value is -0.710. The van der Waals surface area contributed by atoms with Crippen molar-refractivity contribution in [2.75, 3.05) is 0 Å². The zero-order valence-electron chi connectivity index (χ0n) is 5.12. The lowest BCUT2D eigenvalue weighted by molar-refractivity contribution is 0.617. The molecule has 1 heterocycles. The van der Waals surface area contributed by atoms with Crippen LogP contribution in [0.3, 0.4) is 0 Å². The Labute approximate surface area is 53.2 Å². The number of sulfone groups is 1. The van der Waals surface area contributed by atoms with Gasteiger partial charge in [-0.3, -0.25) is 0 Å². The summed E-state index contributed by atoms with van der Waals surface area (Å²) in [6.45, 7) is 2.85. The Morgan fingerprint density at radius 3 is 1.56 bits per heavy atom. The van der Waals surface area contributed by atoms with Crippen molar-refractivity contribution in [3.8, 4) is 0 Å². The average molecular weight is 146 g/mol. The van der Waals surface area contributed by atoms with Crippen LogP contribution in [0, 0.1) is 0 Å². The lowest BCUT2D eigenvalue weighted by Gasteiger charge is -1.88. The van der Waals surface area contributed by atoms with Crippen LogP contribution in [0.5, 0.6) is 0 Å². The molecule has 0 spiro atoms. The molecule has 5 heteroatoms. The first kappa shape index (κ1) is 6.41. The van der Waals surface area contributed by atoms with Crippen LogP contribution in [0.1, 0.15) is 13.8 Å². The number of hydrogen-bond acceptors (Lipinski definition) is 4. The molecule has 50 valence electrons. The summed E-state index contributed by atoms with van der Waals surface area (Å²) < 4.78 is 21.7. The highest BCUT2D eigenvalue weighted by atomic mass is 32.2. The monoisotopic (exact) mass is 146 g/mol. The van der Waals surface area contributed by atoms with E-state index in [1.807, 2.05) is 0 Å². The first-order valence-corrected chi connectivity index (χ1v) is 3.87. The maximum atomic E-state index is 10.8. The van der Waals surface area contributed by atoms with Crippen LogP contribution in [0.2, 0.25) is 0 Å². The second-order valence-corrected chi connectivity index (χ2v) is 3.93. The van der Waals surface area contributed by atoms with Gasteiger partial charge in [0.25, 0.3) is 0 Å². The maximum Gasteiger partial charge on any atom is 0.236 e. The van der Waals surface area contributed by atoms with Gasteiger partial charge in [-0.15, -0.1) is 10.2 Å². The third-order valence-corrected chi connectivity index (χ3v) is 2.83. The zero-order valence-corrected chi connectivity index (χ0v) is 5.94. The van der Waals surface area contributed by atoms with Gasteiger partial charge in [0.1, 0.15) is 0 Å². The van der Waals surface area contributed by atoms with Gasteiger partial charge in [0.05, 0.1) is 0 Å². The van der Waals surface area contributed by atoms with Crippen molar-refractivity contribution in [1.82, 2.24) is 0 Å². The minimum absolute atomic E-state index is 0.0833. The molecule has 1 rings (SSSR count). The lowest BCUT2D eigenvalue weighted by Crippen LogP contribution is -2.13. The molecule has 1 aliphatic heterocycles. The van der Waals surface area contributed by atoms with Crippen LogP contribution >= 0.6 is 0 Å². The molecule has 0 bridgehead atoms. The van der Waals surface area contributed by atoms with Gasteiger partial charge in [-0.1, -0.05) is 0 Å². The molecule has 0 aromatic carbocycles. The van der Waals surface area contributed by atoms with Gasteiger partial charge in [0, 0.05) is 0 Å². The predicted molar refractivity (Wildman–Crippen MR) is 35.1 cm³/mol. The smallest absolute Gasteiger partial charge is 0.216 e. The van der Waals surface area contributed by atoms with E-state index in [9.17, 15) is 8.42 Å². The van der Waals surface area contributed by atoms with E-state index in [1.54, 1.807) is 0 Å². The van der Waals surface area contributed by atoms with Gasteiger partial charge < -0.3 is 0 Å².